The van der Waals surface area contributed by atoms with Crippen molar-refractivity contribution in [1.82, 2.24) is 24.8 Å². The van der Waals surface area contributed by atoms with Gasteiger partial charge in [0.25, 0.3) is 0 Å². The van der Waals surface area contributed by atoms with Crippen molar-refractivity contribution in [2.45, 2.75) is 69.9 Å². The van der Waals surface area contributed by atoms with Crippen molar-refractivity contribution in [1.29, 1.82) is 0 Å². The van der Waals surface area contributed by atoms with Crippen LogP contribution in [0.5, 0.6) is 0 Å². The van der Waals surface area contributed by atoms with Crippen LogP contribution in [0, 0.1) is 0 Å². The maximum atomic E-state index is 4.86. The predicted octanol–water partition coefficient (Wildman–Crippen LogP) is 4.14. The number of pyridine rings is 1. The number of anilines is 2. The average Bonchev–Trinajstić information content (AvgIpc) is 3.52. The molecule has 7 heteroatoms. The van der Waals surface area contributed by atoms with E-state index in [0.29, 0.717) is 18.5 Å². The van der Waals surface area contributed by atoms with Gasteiger partial charge in [0, 0.05) is 24.2 Å². The Hall–Kier alpha value is -2.70. The molecule has 0 radical (unpaired) electrons. The third-order valence-electron chi connectivity index (χ3n) is 5.73. The molecule has 2 saturated carbocycles. The zero-order chi connectivity index (χ0) is 18.8. The lowest BCUT2D eigenvalue weighted by Crippen LogP contribution is -2.20. The minimum Gasteiger partial charge on any atom is -0.376 e. The Bertz CT molecular complexity index is 925. The van der Waals surface area contributed by atoms with E-state index >= 15 is 0 Å². The van der Waals surface area contributed by atoms with E-state index in [1.54, 1.807) is 0 Å². The van der Waals surface area contributed by atoms with Gasteiger partial charge in [-0.2, -0.15) is 4.52 Å². The van der Waals surface area contributed by atoms with Crippen LogP contribution in [0.1, 0.15) is 68.8 Å². The number of aromatic nitrogens is 5. The second-order valence-electron chi connectivity index (χ2n) is 8.02. The summed E-state index contributed by atoms with van der Waals surface area (Å²) in [6.45, 7) is 0.648. The Labute approximate surface area is 165 Å². The number of nitrogens with one attached hydrogen (secondary N) is 2. The van der Waals surface area contributed by atoms with Crippen LogP contribution in [-0.4, -0.2) is 30.8 Å². The first-order valence-electron chi connectivity index (χ1n) is 10.5. The molecule has 0 spiro atoms. The van der Waals surface area contributed by atoms with E-state index in [-0.39, 0.29) is 0 Å². The van der Waals surface area contributed by atoms with Crippen molar-refractivity contribution in [3.05, 3.63) is 42.0 Å². The lowest BCUT2D eigenvalue weighted by atomic mass is 10.1. The summed E-state index contributed by atoms with van der Waals surface area (Å²) in [6.07, 6.45) is 11.9. The zero-order valence-corrected chi connectivity index (χ0v) is 16.1. The summed E-state index contributed by atoms with van der Waals surface area (Å²) in [6, 6.07) is 8.54. The molecule has 2 aliphatic carbocycles. The molecule has 3 aromatic rings. The third-order valence-corrected chi connectivity index (χ3v) is 5.73. The van der Waals surface area contributed by atoms with Crippen LogP contribution in [0.4, 0.5) is 11.5 Å². The summed E-state index contributed by atoms with van der Waals surface area (Å²) >= 11 is 0. The van der Waals surface area contributed by atoms with Crippen molar-refractivity contribution >= 4 is 17.2 Å². The highest BCUT2D eigenvalue weighted by atomic mass is 15.4. The lowest BCUT2D eigenvalue weighted by molar-refractivity contribution is 0.615. The van der Waals surface area contributed by atoms with E-state index < -0.39 is 0 Å². The molecule has 0 amide bonds. The molecule has 0 bridgehead atoms. The van der Waals surface area contributed by atoms with Gasteiger partial charge in [-0.3, -0.25) is 4.98 Å². The molecule has 0 atom stereocenters. The maximum absolute atomic E-state index is 4.86. The van der Waals surface area contributed by atoms with Crippen LogP contribution in [0.15, 0.2) is 30.5 Å². The molecule has 3 heterocycles. The van der Waals surface area contributed by atoms with Crippen molar-refractivity contribution in [2.75, 3.05) is 10.6 Å². The Morgan fingerprint density at radius 3 is 2.61 bits per heavy atom. The van der Waals surface area contributed by atoms with Crippen molar-refractivity contribution in [2.24, 2.45) is 0 Å². The molecule has 7 nitrogen and oxygen atoms in total. The Balaban J connectivity index is 1.44. The number of rotatable bonds is 6. The monoisotopic (exact) mass is 377 g/mol. The molecular formula is C21H27N7. The first-order valence-corrected chi connectivity index (χ1v) is 10.5. The molecule has 2 fully saturated rings. The fourth-order valence-corrected chi connectivity index (χ4v) is 4.01. The zero-order valence-electron chi connectivity index (χ0n) is 16.1. The smallest absolute Gasteiger partial charge is 0.201 e. The normalized spacial score (nSPS) is 18.1. The minimum atomic E-state index is 0.497. The van der Waals surface area contributed by atoms with Gasteiger partial charge >= 0.3 is 0 Å². The molecule has 0 unspecified atom stereocenters. The molecule has 146 valence electrons. The summed E-state index contributed by atoms with van der Waals surface area (Å²) in [5, 5.41) is 20.9. The molecular weight excluding hydrogens is 350 g/mol. The van der Waals surface area contributed by atoms with Crippen molar-refractivity contribution in [3.63, 3.8) is 0 Å². The fraction of sp³-hybridized carbons (Fsp3) is 0.524. The topological polar surface area (TPSA) is 80.0 Å². The number of hydrogen-bond acceptors (Lipinski definition) is 6. The quantitative estimate of drug-likeness (QED) is 0.629. The summed E-state index contributed by atoms with van der Waals surface area (Å²) < 4.78 is 1.94. The van der Waals surface area contributed by atoms with Crippen LogP contribution in [0.2, 0.25) is 0 Å². The molecule has 0 saturated heterocycles. The highest BCUT2D eigenvalue weighted by molar-refractivity contribution is 5.70. The summed E-state index contributed by atoms with van der Waals surface area (Å²) in [5.74, 6) is 2.39. The van der Waals surface area contributed by atoms with Crippen molar-refractivity contribution in [3.8, 4) is 0 Å². The molecule has 5 rings (SSSR count). The number of hydrogen-bond donors (Lipinski definition) is 2. The molecule has 2 aliphatic rings. The van der Waals surface area contributed by atoms with Crippen LogP contribution in [0.3, 0.4) is 0 Å². The van der Waals surface area contributed by atoms with E-state index in [2.05, 4.69) is 31.9 Å². The summed E-state index contributed by atoms with van der Waals surface area (Å²) in [5.41, 5.74) is 2.75. The van der Waals surface area contributed by atoms with E-state index in [4.69, 9.17) is 5.10 Å². The second-order valence-corrected chi connectivity index (χ2v) is 8.02. The van der Waals surface area contributed by atoms with Crippen molar-refractivity contribution < 1.29 is 0 Å². The summed E-state index contributed by atoms with van der Waals surface area (Å²) in [7, 11) is 0. The van der Waals surface area contributed by atoms with Crippen LogP contribution in [-0.2, 0) is 6.54 Å². The van der Waals surface area contributed by atoms with Gasteiger partial charge in [-0.25, -0.2) is 0 Å². The Kier molecular flexibility index (Phi) is 4.81. The van der Waals surface area contributed by atoms with E-state index in [1.165, 1.54) is 51.4 Å². The molecule has 2 N–H and O–H groups in total. The third kappa shape index (κ3) is 3.79. The van der Waals surface area contributed by atoms with Crippen LogP contribution >= 0.6 is 0 Å². The van der Waals surface area contributed by atoms with E-state index in [9.17, 15) is 0 Å². The highest BCUT2D eigenvalue weighted by Gasteiger charge is 2.30. The van der Waals surface area contributed by atoms with Gasteiger partial charge in [0.1, 0.15) is 5.82 Å². The minimum absolute atomic E-state index is 0.497. The van der Waals surface area contributed by atoms with E-state index in [1.807, 2.05) is 28.9 Å². The van der Waals surface area contributed by atoms with Gasteiger partial charge in [0.2, 0.25) is 5.65 Å². The first-order chi connectivity index (χ1) is 13.9. The Morgan fingerprint density at radius 1 is 1.00 bits per heavy atom. The largest absolute Gasteiger partial charge is 0.376 e. The number of fused-ring (bicyclic) bond motifs is 1. The van der Waals surface area contributed by atoms with Crippen LogP contribution < -0.4 is 10.6 Å². The second kappa shape index (κ2) is 7.73. The SMILES string of the molecule is c1ccc(CNc2cc(NC3CCCCCC3)nn3c(C4CC4)nnc23)nc1. The molecule has 28 heavy (non-hydrogen) atoms. The average molecular weight is 377 g/mol. The van der Waals surface area contributed by atoms with Gasteiger partial charge in [0.15, 0.2) is 5.82 Å². The molecule has 0 aliphatic heterocycles. The van der Waals surface area contributed by atoms with E-state index in [0.717, 1.165) is 28.7 Å². The summed E-state index contributed by atoms with van der Waals surface area (Å²) in [4.78, 5) is 4.41. The van der Waals surface area contributed by atoms with Gasteiger partial charge < -0.3 is 10.6 Å². The first kappa shape index (κ1) is 17.4. The standard InChI is InChI=1S/C21H27N7/c1-2-4-8-16(7-3-1)24-19-13-18(23-14-17-9-5-6-12-22-17)21-26-25-20(15-10-11-15)28(21)27-19/h5-6,9,12-13,15-16,23H,1-4,7-8,10-11,14H2,(H,24,27). The highest BCUT2D eigenvalue weighted by Crippen LogP contribution is 2.39. The number of nitrogens with zero attached hydrogens (tertiary/aromatic N) is 5. The van der Waals surface area contributed by atoms with Gasteiger partial charge in [-0.05, 0) is 37.8 Å². The van der Waals surface area contributed by atoms with Crippen LogP contribution in [0.25, 0.3) is 5.65 Å². The van der Waals surface area contributed by atoms with Gasteiger partial charge in [-0.15, -0.1) is 15.3 Å². The molecule has 3 aromatic heterocycles. The van der Waals surface area contributed by atoms with Gasteiger partial charge in [-0.1, -0.05) is 31.7 Å². The lowest BCUT2D eigenvalue weighted by Gasteiger charge is -2.18. The Morgan fingerprint density at radius 2 is 1.86 bits per heavy atom. The molecule has 0 aromatic carbocycles. The van der Waals surface area contributed by atoms with Gasteiger partial charge in [0.05, 0.1) is 17.9 Å². The maximum Gasteiger partial charge on any atom is 0.201 e. The predicted molar refractivity (Wildman–Crippen MR) is 109 cm³/mol. The fourth-order valence-electron chi connectivity index (χ4n) is 4.01.